The molecule has 0 amide bonds. The van der Waals surface area contributed by atoms with Crippen LogP contribution in [0.25, 0.3) is 0 Å². The van der Waals surface area contributed by atoms with Crippen molar-refractivity contribution in [2.24, 2.45) is 0 Å². The third-order valence-electron chi connectivity index (χ3n) is 4.95. The van der Waals surface area contributed by atoms with E-state index in [1.54, 1.807) is 11.8 Å². The van der Waals surface area contributed by atoms with Crippen LogP contribution in [0, 0.1) is 0 Å². The van der Waals surface area contributed by atoms with Crippen LogP contribution in [0.5, 0.6) is 0 Å². The van der Waals surface area contributed by atoms with Gasteiger partial charge in [-0.25, -0.2) is 0 Å². The Morgan fingerprint density at radius 2 is 1.95 bits per heavy atom. The summed E-state index contributed by atoms with van der Waals surface area (Å²) in [6.45, 7) is 3.05. The second-order valence-electron chi connectivity index (χ2n) is 6.17. The van der Waals surface area contributed by atoms with Crippen molar-refractivity contribution in [1.82, 2.24) is 4.90 Å². The van der Waals surface area contributed by atoms with Gasteiger partial charge in [0.25, 0.3) is 0 Å². The van der Waals surface area contributed by atoms with Gasteiger partial charge in [0.2, 0.25) is 0 Å². The number of benzene rings is 1. The highest BCUT2D eigenvalue weighted by atomic mass is 32.2. The van der Waals surface area contributed by atoms with E-state index in [0.717, 1.165) is 24.4 Å². The maximum absolute atomic E-state index is 12.6. The summed E-state index contributed by atoms with van der Waals surface area (Å²) >= 11 is 1.63. The zero-order chi connectivity index (χ0) is 14.6. The Labute approximate surface area is 128 Å². The molecule has 3 aliphatic heterocycles. The van der Waals surface area contributed by atoms with Crippen molar-refractivity contribution in [2.45, 2.75) is 25.3 Å². The second-order valence-corrected chi connectivity index (χ2v) is 7.16. The van der Waals surface area contributed by atoms with E-state index in [1.807, 2.05) is 6.07 Å². The van der Waals surface area contributed by atoms with Gasteiger partial charge in [-0.05, 0) is 24.5 Å². The molecule has 0 aromatic heterocycles. The first-order valence-corrected chi connectivity index (χ1v) is 8.50. The summed E-state index contributed by atoms with van der Waals surface area (Å²) in [5.41, 5.74) is 3.76. The zero-order valence-electron chi connectivity index (χ0n) is 12.0. The second kappa shape index (κ2) is 4.47. The van der Waals surface area contributed by atoms with Gasteiger partial charge in [0.1, 0.15) is 0 Å². The fourth-order valence-electron chi connectivity index (χ4n) is 3.99. The molecular formula is C17H17NO2S. The van der Waals surface area contributed by atoms with Crippen molar-refractivity contribution in [3.63, 3.8) is 0 Å². The first-order valence-electron chi connectivity index (χ1n) is 7.34. The molecule has 3 heterocycles. The van der Waals surface area contributed by atoms with Gasteiger partial charge in [-0.2, -0.15) is 0 Å². The molecule has 4 heteroatoms. The number of carbonyl (C=O) groups excluding carboxylic acids is 2. The lowest BCUT2D eigenvalue weighted by molar-refractivity contribution is -0.124. The molecule has 0 saturated heterocycles. The van der Waals surface area contributed by atoms with Crippen LogP contribution in [0.3, 0.4) is 0 Å². The van der Waals surface area contributed by atoms with Gasteiger partial charge in [0, 0.05) is 24.4 Å². The Morgan fingerprint density at radius 3 is 2.81 bits per heavy atom. The topological polar surface area (TPSA) is 37.4 Å². The van der Waals surface area contributed by atoms with Crippen LogP contribution in [0.4, 0.5) is 0 Å². The smallest absolute Gasteiger partial charge is 0.178 e. The molecule has 4 rings (SSSR count). The summed E-state index contributed by atoms with van der Waals surface area (Å²) in [6, 6.07) is 8.40. The van der Waals surface area contributed by atoms with Gasteiger partial charge in [0.05, 0.1) is 16.9 Å². The van der Waals surface area contributed by atoms with Gasteiger partial charge in [-0.1, -0.05) is 24.3 Å². The van der Waals surface area contributed by atoms with Crippen molar-refractivity contribution < 1.29 is 9.59 Å². The molecule has 1 aromatic rings. The lowest BCUT2D eigenvalue weighted by Gasteiger charge is -2.52. The highest BCUT2D eigenvalue weighted by molar-refractivity contribution is 8.00. The van der Waals surface area contributed by atoms with E-state index in [-0.39, 0.29) is 17.1 Å². The number of hydrogen-bond acceptors (Lipinski definition) is 4. The normalized spacial score (nSPS) is 28.1. The maximum atomic E-state index is 12.6. The van der Waals surface area contributed by atoms with Gasteiger partial charge < -0.3 is 4.90 Å². The van der Waals surface area contributed by atoms with Crippen molar-refractivity contribution >= 4 is 23.3 Å². The SMILES string of the molecule is CC12CC(=O)C3=C(CSCC3=O)N1CCc1ccccc12. The van der Waals surface area contributed by atoms with Gasteiger partial charge >= 0.3 is 0 Å². The summed E-state index contributed by atoms with van der Waals surface area (Å²) in [5.74, 6) is 1.29. The molecule has 1 aromatic carbocycles. The Morgan fingerprint density at radius 1 is 1.14 bits per heavy atom. The van der Waals surface area contributed by atoms with Crippen molar-refractivity contribution in [2.75, 3.05) is 18.1 Å². The number of allylic oxidation sites excluding steroid dienone is 1. The molecule has 1 atom stereocenters. The number of carbonyl (C=O) groups is 2. The Hall–Kier alpha value is -1.55. The molecule has 0 radical (unpaired) electrons. The first-order chi connectivity index (χ1) is 10.1. The Balaban J connectivity index is 1.90. The number of hydrogen-bond donors (Lipinski definition) is 0. The van der Waals surface area contributed by atoms with E-state index < -0.39 is 0 Å². The van der Waals surface area contributed by atoms with E-state index in [0.29, 0.717) is 17.7 Å². The molecule has 0 N–H and O–H groups in total. The average Bonchev–Trinajstić information content (AvgIpc) is 2.47. The number of ketones is 2. The molecule has 0 bridgehead atoms. The summed E-state index contributed by atoms with van der Waals surface area (Å²) in [5, 5.41) is 0. The predicted molar refractivity (Wildman–Crippen MR) is 83.2 cm³/mol. The van der Waals surface area contributed by atoms with Gasteiger partial charge in [0.15, 0.2) is 11.6 Å². The van der Waals surface area contributed by atoms with Crippen molar-refractivity contribution in [3.8, 4) is 0 Å². The minimum absolute atomic E-state index is 0.0205. The van der Waals surface area contributed by atoms with Crippen LogP contribution in [0.15, 0.2) is 35.5 Å². The molecular weight excluding hydrogens is 282 g/mol. The summed E-state index contributed by atoms with van der Waals surface area (Å²) in [4.78, 5) is 27.1. The van der Waals surface area contributed by atoms with E-state index in [2.05, 4.69) is 30.0 Å². The number of thioether (sulfide) groups is 1. The largest absolute Gasteiger partial charge is 0.363 e. The fraction of sp³-hybridized carbons (Fsp3) is 0.412. The van der Waals surface area contributed by atoms with E-state index in [4.69, 9.17) is 0 Å². The molecule has 0 saturated carbocycles. The summed E-state index contributed by atoms with van der Waals surface area (Å²) in [6.07, 6.45) is 1.40. The molecule has 3 nitrogen and oxygen atoms in total. The molecule has 0 spiro atoms. The maximum Gasteiger partial charge on any atom is 0.178 e. The molecule has 21 heavy (non-hydrogen) atoms. The summed E-state index contributed by atoms with van der Waals surface area (Å²) in [7, 11) is 0. The zero-order valence-corrected chi connectivity index (χ0v) is 12.8. The number of fused-ring (bicyclic) bond motifs is 4. The predicted octanol–water partition coefficient (Wildman–Crippen LogP) is 2.30. The van der Waals surface area contributed by atoms with Crippen LogP contribution in [-0.4, -0.2) is 34.5 Å². The van der Waals surface area contributed by atoms with E-state index in [9.17, 15) is 9.59 Å². The Bertz CT molecular complexity index is 694. The summed E-state index contributed by atoms with van der Waals surface area (Å²) < 4.78 is 0. The fourth-order valence-corrected chi connectivity index (χ4v) is 4.91. The van der Waals surface area contributed by atoms with Crippen LogP contribution >= 0.6 is 11.8 Å². The monoisotopic (exact) mass is 299 g/mol. The van der Waals surface area contributed by atoms with Gasteiger partial charge in [-0.15, -0.1) is 11.8 Å². The standard InChI is InChI=1S/C17H17NO2S/c1-17-8-14(19)16-13(9-21-10-15(16)20)18(17)7-6-11-4-2-3-5-12(11)17/h2-5H,6-10H2,1H3. The minimum atomic E-state index is -0.289. The van der Waals surface area contributed by atoms with Crippen LogP contribution in [0.2, 0.25) is 0 Å². The average molecular weight is 299 g/mol. The highest BCUT2D eigenvalue weighted by Gasteiger charge is 2.48. The van der Waals surface area contributed by atoms with E-state index in [1.165, 1.54) is 11.1 Å². The molecule has 108 valence electrons. The third kappa shape index (κ3) is 1.75. The van der Waals surface area contributed by atoms with Crippen LogP contribution in [0.1, 0.15) is 24.5 Å². The van der Waals surface area contributed by atoms with Crippen LogP contribution < -0.4 is 0 Å². The molecule has 0 fully saturated rings. The lowest BCUT2D eigenvalue weighted by atomic mass is 9.74. The first kappa shape index (κ1) is 13.1. The molecule has 3 aliphatic rings. The quantitative estimate of drug-likeness (QED) is 0.689. The number of nitrogens with zero attached hydrogens (tertiary/aromatic N) is 1. The van der Waals surface area contributed by atoms with Crippen LogP contribution in [-0.2, 0) is 21.5 Å². The Kier molecular flexibility index (Phi) is 2.80. The molecule has 0 aliphatic carbocycles. The number of Topliss-reactive ketones (excluding diaryl/α,β-unsaturated/α-hetero) is 2. The van der Waals surface area contributed by atoms with Crippen molar-refractivity contribution in [1.29, 1.82) is 0 Å². The lowest BCUT2D eigenvalue weighted by Crippen LogP contribution is -2.54. The molecule has 1 unspecified atom stereocenters. The van der Waals surface area contributed by atoms with E-state index >= 15 is 0 Å². The minimum Gasteiger partial charge on any atom is -0.363 e. The highest BCUT2D eigenvalue weighted by Crippen LogP contribution is 2.46. The van der Waals surface area contributed by atoms with Gasteiger partial charge in [-0.3, -0.25) is 9.59 Å². The number of rotatable bonds is 0. The third-order valence-corrected chi connectivity index (χ3v) is 5.89. The van der Waals surface area contributed by atoms with Crippen molar-refractivity contribution in [3.05, 3.63) is 46.7 Å².